The lowest BCUT2D eigenvalue weighted by atomic mass is 10.0. The highest BCUT2D eigenvalue weighted by Crippen LogP contribution is 2.25. The normalized spacial score (nSPS) is 9.94. The van der Waals surface area contributed by atoms with E-state index in [1.807, 2.05) is 31.3 Å². The minimum atomic E-state index is -0.420. The van der Waals surface area contributed by atoms with Crippen molar-refractivity contribution in [3.8, 4) is 11.1 Å². The van der Waals surface area contributed by atoms with Gasteiger partial charge in [0.15, 0.2) is 0 Å². The van der Waals surface area contributed by atoms with Crippen molar-refractivity contribution < 1.29 is 4.79 Å². The summed E-state index contributed by atoms with van der Waals surface area (Å²) in [5, 5.41) is 3.03. The average Bonchev–Trinajstić information content (AvgIpc) is 2.39. The van der Waals surface area contributed by atoms with E-state index in [1.54, 1.807) is 18.3 Å². The number of hydrogen-bond donors (Lipinski definition) is 2. The van der Waals surface area contributed by atoms with E-state index in [-0.39, 0.29) is 0 Å². The molecule has 3 N–H and O–H groups in total. The number of amides is 1. The van der Waals surface area contributed by atoms with E-state index in [0.717, 1.165) is 16.9 Å². The Balaban J connectivity index is 2.43. The number of nitrogens with two attached hydrogens (primary N) is 1. The minimum Gasteiger partial charge on any atom is -0.373 e. The van der Waals surface area contributed by atoms with Crippen molar-refractivity contribution in [2.24, 2.45) is 5.73 Å². The third-order valence-electron chi connectivity index (χ3n) is 2.52. The van der Waals surface area contributed by atoms with E-state index >= 15 is 0 Å². The van der Waals surface area contributed by atoms with Gasteiger partial charge in [0.25, 0.3) is 0 Å². The lowest BCUT2D eigenvalue weighted by Gasteiger charge is -2.07. The molecule has 1 aromatic carbocycles. The molecular formula is C13H13N3O. The Bertz CT molecular complexity index is 535. The van der Waals surface area contributed by atoms with Crippen LogP contribution in [0.5, 0.6) is 0 Å². The molecule has 0 bridgehead atoms. The van der Waals surface area contributed by atoms with Crippen LogP contribution in [0.1, 0.15) is 10.4 Å². The number of hydrogen-bond acceptors (Lipinski definition) is 3. The summed E-state index contributed by atoms with van der Waals surface area (Å²) < 4.78 is 0. The zero-order chi connectivity index (χ0) is 12.3. The zero-order valence-electron chi connectivity index (χ0n) is 9.47. The van der Waals surface area contributed by atoms with Crippen LogP contribution in [0.3, 0.4) is 0 Å². The van der Waals surface area contributed by atoms with Gasteiger partial charge in [-0.2, -0.15) is 0 Å². The molecule has 4 nitrogen and oxygen atoms in total. The van der Waals surface area contributed by atoms with Gasteiger partial charge in [-0.05, 0) is 29.8 Å². The van der Waals surface area contributed by atoms with Crippen LogP contribution in [-0.4, -0.2) is 17.9 Å². The molecule has 0 spiro atoms. The number of nitrogens with one attached hydrogen (secondary N) is 1. The highest BCUT2D eigenvalue weighted by Gasteiger charge is 2.05. The lowest BCUT2D eigenvalue weighted by Crippen LogP contribution is -2.10. The van der Waals surface area contributed by atoms with Crippen LogP contribution in [0.4, 0.5) is 5.82 Å². The van der Waals surface area contributed by atoms with Crippen LogP contribution < -0.4 is 11.1 Å². The first kappa shape index (κ1) is 11.1. The van der Waals surface area contributed by atoms with Gasteiger partial charge in [-0.1, -0.05) is 12.1 Å². The fraction of sp³-hybridized carbons (Fsp3) is 0.0769. The summed E-state index contributed by atoms with van der Waals surface area (Å²) >= 11 is 0. The molecule has 17 heavy (non-hydrogen) atoms. The molecule has 0 aliphatic heterocycles. The van der Waals surface area contributed by atoms with Crippen molar-refractivity contribution in [3.63, 3.8) is 0 Å². The number of anilines is 1. The number of primary amides is 1. The van der Waals surface area contributed by atoms with Gasteiger partial charge in [0.2, 0.25) is 5.91 Å². The second-order valence-electron chi connectivity index (χ2n) is 3.59. The van der Waals surface area contributed by atoms with Crippen molar-refractivity contribution >= 4 is 11.7 Å². The fourth-order valence-electron chi connectivity index (χ4n) is 1.65. The molecule has 4 heteroatoms. The minimum absolute atomic E-state index is 0.420. The van der Waals surface area contributed by atoms with E-state index in [4.69, 9.17) is 5.73 Å². The van der Waals surface area contributed by atoms with Gasteiger partial charge in [0.1, 0.15) is 5.82 Å². The monoisotopic (exact) mass is 227 g/mol. The third-order valence-corrected chi connectivity index (χ3v) is 2.52. The molecule has 0 radical (unpaired) electrons. The number of pyridine rings is 1. The molecule has 0 atom stereocenters. The molecule has 0 saturated heterocycles. The smallest absolute Gasteiger partial charge is 0.248 e. The van der Waals surface area contributed by atoms with Crippen molar-refractivity contribution in [1.29, 1.82) is 0 Å². The van der Waals surface area contributed by atoms with E-state index in [0.29, 0.717) is 5.56 Å². The van der Waals surface area contributed by atoms with Crippen LogP contribution in [0, 0.1) is 0 Å². The lowest BCUT2D eigenvalue weighted by molar-refractivity contribution is 0.100. The standard InChI is InChI=1S/C13H13N3O/c1-15-13-11(3-2-8-16-13)9-4-6-10(7-5-9)12(14)17/h2-8H,1H3,(H2,14,17)(H,15,16). The van der Waals surface area contributed by atoms with Crippen LogP contribution in [0.25, 0.3) is 11.1 Å². The van der Waals surface area contributed by atoms with Gasteiger partial charge >= 0.3 is 0 Å². The molecule has 0 saturated carbocycles. The summed E-state index contributed by atoms with van der Waals surface area (Å²) in [6, 6.07) is 11.0. The number of carbonyl (C=O) groups excluding carboxylic acids is 1. The average molecular weight is 227 g/mol. The Hall–Kier alpha value is -2.36. The maximum Gasteiger partial charge on any atom is 0.248 e. The Morgan fingerprint density at radius 1 is 1.24 bits per heavy atom. The maximum atomic E-state index is 11.0. The van der Waals surface area contributed by atoms with Crippen LogP contribution in [0.15, 0.2) is 42.6 Å². The second kappa shape index (κ2) is 4.65. The molecule has 2 rings (SSSR count). The zero-order valence-corrected chi connectivity index (χ0v) is 9.47. The predicted octanol–water partition coefficient (Wildman–Crippen LogP) is 1.89. The van der Waals surface area contributed by atoms with Crippen molar-refractivity contribution in [2.75, 3.05) is 12.4 Å². The molecule has 2 aromatic rings. The summed E-state index contributed by atoms with van der Waals surface area (Å²) in [4.78, 5) is 15.2. The Morgan fingerprint density at radius 2 is 1.94 bits per heavy atom. The Kier molecular flexibility index (Phi) is 3.05. The molecule has 1 heterocycles. The predicted molar refractivity (Wildman–Crippen MR) is 67.7 cm³/mol. The first-order valence-electron chi connectivity index (χ1n) is 5.25. The number of benzene rings is 1. The quantitative estimate of drug-likeness (QED) is 0.841. The van der Waals surface area contributed by atoms with Crippen molar-refractivity contribution in [3.05, 3.63) is 48.2 Å². The molecule has 0 unspecified atom stereocenters. The summed E-state index contributed by atoms with van der Waals surface area (Å²) in [6.45, 7) is 0. The number of aromatic nitrogens is 1. The molecule has 86 valence electrons. The van der Waals surface area contributed by atoms with Crippen LogP contribution >= 0.6 is 0 Å². The second-order valence-corrected chi connectivity index (χ2v) is 3.59. The van der Waals surface area contributed by atoms with Gasteiger partial charge < -0.3 is 11.1 Å². The van der Waals surface area contributed by atoms with Gasteiger partial charge in [-0.3, -0.25) is 4.79 Å². The van der Waals surface area contributed by atoms with Gasteiger partial charge in [0.05, 0.1) is 0 Å². The Labute approximate surface area is 99.5 Å². The van der Waals surface area contributed by atoms with Crippen molar-refractivity contribution in [2.45, 2.75) is 0 Å². The van der Waals surface area contributed by atoms with Gasteiger partial charge in [0, 0.05) is 24.4 Å². The number of nitrogens with zero attached hydrogens (tertiary/aromatic N) is 1. The Morgan fingerprint density at radius 3 is 2.53 bits per heavy atom. The number of carbonyl (C=O) groups is 1. The summed E-state index contributed by atoms with van der Waals surface area (Å²) in [5.74, 6) is 0.385. The fourth-order valence-corrected chi connectivity index (χ4v) is 1.65. The highest BCUT2D eigenvalue weighted by molar-refractivity contribution is 5.93. The topological polar surface area (TPSA) is 68.0 Å². The summed E-state index contributed by atoms with van der Waals surface area (Å²) in [6.07, 6.45) is 1.73. The van der Waals surface area contributed by atoms with E-state index in [9.17, 15) is 4.79 Å². The molecule has 0 fully saturated rings. The molecular weight excluding hydrogens is 214 g/mol. The molecule has 1 aromatic heterocycles. The SMILES string of the molecule is CNc1ncccc1-c1ccc(C(N)=O)cc1. The highest BCUT2D eigenvalue weighted by atomic mass is 16.1. The first-order chi connectivity index (χ1) is 8.22. The van der Waals surface area contributed by atoms with E-state index in [1.165, 1.54) is 0 Å². The number of rotatable bonds is 3. The molecule has 0 aliphatic rings. The largest absolute Gasteiger partial charge is 0.373 e. The van der Waals surface area contributed by atoms with E-state index < -0.39 is 5.91 Å². The third kappa shape index (κ3) is 2.25. The summed E-state index contributed by atoms with van der Waals surface area (Å²) in [7, 11) is 1.82. The first-order valence-corrected chi connectivity index (χ1v) is 5.25. The van der Waals surface area contributed by atoms with Crippen LogP contribution in [0.2, 0.25) is 0 Å². The van der Waals surface area contributed by atoms with Gasteiger partial charge in [-0.25, -0.2) is 4.98 Å². The summed E-state index contributed by atoms with van der Waals surface area (Å²) in [5.41, 5.74) is 7.68. The van der Waals surface area contributed by atoms with Crippen LogP contribution in [-0.2, 0) is 0 Å². The molecule has 0 aliphatic carbocycles. The van der Waals surface area contributed by atoms with Crippen molar-refractivity contribution in [1.82, 2.24) is 4.98 Å². The van der Waals surface area contributed by atoms with Gasteiger partial charge in [-0.15, -0.1) is 0 Å². The van der Waals surface area contributed by atoms with E-state index in [2.05, 4.69) is 10.3 Å². The maximum absolute atomic E-state index is 11.0. The molecule has 1 amide bonds.